The molecule has 0 aliphatic carbocycles. The number of ether oxygens (including phenoxy) is 1. The van der Waals surface area contributed by atoms with Crippen LogP contribution in [0.25, 0.3) is 0 Å². The van der Waals surface area contributed by atoms with E-state index in [9.17, 15) is 4.39 Å². The molecule has 0 amide bonds. The van der Waals surface area contributed by atoms with Crippen molar-refractivity contribution in [3.05, 3.63) is 29.6 Å². The minimum absolute atomic E-state index is 0.215. The van der Waals surface area contributed by atoms with Gasteiger partial charge in [0.1, 0.15) is 0 Å². The van der Waals surface area contributed by atoms with Crippen molar-refractivity contribution >= 4 is 0 Å². The van der Waals surface area contributed by atoms with Gasteiger partial charge in [0.05, 0.1) is 7.11 Å². The smallest absolute Gasteiger partial charge is 0.169 e. The number of nitrogens with one attached hydrogen (secondary N) is 1. The molecule has 2 aliphatic heterocycles. The number of halogens is 1. The molecule has 3 rings (SSSR count). The van der Waals surface area contributed by atoms with Crippen LogP contribution in [0, 0.1) is 17.7 Å². The molecule has 0 bridgehead atoms. The van der Waals surface area contributed by atoms with Gasteiger partial charge < -0.3 is 10.1 Å². The fourth-order valence-corrected chi connectivity index (χ4v) is 3.52. The molecule has 3 unspecified atom stereocenters. The molecule has 4 heteroatoms. The molecule has 3 atom stereocenters. The third kappa shape index (κ3) is 2.23. The molecule has 0 spiro atoms. The van der Waals surface area contributed by atoms with E-state index in [1.54, 1.807) is 6.07 Å². The topological polar surface area (TPSA) is 24.5 Å². The van der Waals surface area contributed by atoms with Crippen molar-refractivity contribution in [1.82, 2.24) is 10.2 Å². The zero-order chi connectivity index (χ0) is 13.4. The Labute approximate surface area is 113 Å². The summed E-state index contributed by atoms with van der Waals surface area (Å²) in [6, 6.07) is 5.91. The molecule has 3 nitrogen and oxygen atoms in total. The quantitative estimate of drug-likeness (QED) is 0.902. The van der Waals surface area contributed by atoms with Gasteiger partial charge in [0, 0.05) is 24.7 Å². The van der Waals surface area contributed by atoms with E-state index in [2.05, 4.69) is 17.1 Å². The van der Waals surface area contributed by atoms with E-state index >= 15 is 0 Å². The van der Waals surface area contributed by atoms with Gasteiger partial charge in [-0.2, -0.15) is 0 Å². The van der Waals surface area contributed by atoms with Gasteiger partial charge in [0.2, 0.25) is 0 Å². The molecule has 1 N–H and O–H groups in total. The normalized spacial score (nSPS) is 30.6. The Morgan fingerprint density at radius 3 is 3.00 bits per heavy atom. The summed E-state index contributed by atoms with van der Waals surface area (Å²) in [6.45, 7) is 6.21. The van der Waals surface area contributed by atoms with Crippen molar-refractivity contribution in [3.63, 3.8) is 0 Å². The fourth-order valence-electron chi connectivity index (χ4n) is 3.52. The summed E-state index contributed by atoms with van der Waals surface area (Å²) in [4.78, 5) is 2.40. The second-order valence-electron chi connectivity index (χ2n) is 5.69. The summed E-state index contributed by atoms with van der Waals surface area (Å²) >= 11 is 0. The lowest BCUT2D eigenvalue weighted by atomic mass is 9.95. The van der Waals surface area contributed by atoms with E-state index < -0.39 is 0 Å². The lowest BCUT2D eigenvalue weighted by Crippen LogP contribution is -2.33. The van der Waals surface area contributed by atoms with Crippen LogP contribution in [0.1, 0.15) is 12.5 Å². The molecule has 0 saturated carbocycles. The van der Waals surface area contributed by atoms with Crippen LogP contribution in [-0.2, 0) is 6.54 Å². The summed E-state index contributed by atoms with van der Waals surface area (Å²) in [5.74, 6) is 1.57. The Hall–Kier alpha value is -1.13. The molecule has 0 aromatic heterocycles. The first kappa shape index (κ1) is 12.9. The molecule has 1 aromatic rings. The number of benzene rings is 1. The summed E-state index contributed by atoms with van der Waals surface area (Å²) in [5.41, 5.74) is 0.735. The highest BCUT2D eigenvalue weighted by molar-refractivity contribution is 5.31. The highest BCUT2D eigenvalue weighted by Gasteiger charge is 2.41. The van der Waals surface area contributed by atoms with E-state index in [-0.39, 0.29) is 5.82 Å². The maximum Gasteiger partial charge on any atom is 0.169 e. The van der Waals surface area contributed by atoms with E-state index in [4.69, 9.17) is 4.74 Å². The van der Waals surface area contributed by atoms with Gasteiger partial charge in [-0.25, -0.2) is 4.39 Å². The fraction of sp³-hybridized carbons (Fsp3) is 0.600. The Balaban J connectivity index is 1.75. The number of rotatable bonds is 3. The van der Waals surface area contributed by atoms with Crippen molar-refractivity contribution in [3.8, 4) is 5.75 Å². The Kier molecular flexibility index (Phi) is 3.46. The maximum atomic E-state index is 14.2. The lowest BCUT2D eigenvalue weighted by molar-refractivity contribution is 0.227. The highest BCUT2D eigenvalue weighted by Crippen LogP contribution is 2.34. The highest BCUT2D eigenvalue weighted by atomic mass is 19.1. The molecule has 104 valence electrons. The summed E-state index contributed by atoms with van der Waals surface area (Å²) in [7, 11) is 1.51. The minimum atomic E-state index is -0.215. The third-order valence-electron chi connectivity index (χ3n) is 4.69. The van der Waals surface area contributed by atoms with E-state index in [1.807, 2.05) is 12.1 Å². The van der Waals surface area contributed by atoms with Crippen molar-refractivity contribution in [2.75, 3.05) is 26.7 Å². The van der Waals surface area contributed by atoms with Crippen molar-refractivity contribution in [2.24, 2.45) is 11.8 Å². The number of methoxy groups -OCH3 is 1. The molecular weight excluding hydrogens is 243 g/mol. The van der Waals surface area contributed by atoms with Gasteiger partial charge in [-0.15, -0.1) is 0 Å². The number of hydrogen-bond acceptors (Lipinski definition) is 3. The maximum absolute atomic E-state index is 14.2. The monoisotopic (exact) mass is 264 g/mol. The average molecular weight is 264 g/mol. The molecule has 2 heterocycles. The van der Waals surface area contributed by atoms with Gasteiger partial charge in [-0.1, -0.05) is 12.1 Å². The van der Waals surface area contributed by atoms with Crippen molar-refractivity contribution in [1.29, 1.82) is 0 Å². The second kappa shape index (κ2) is 5.10. The third-order valence-corrected chi connectivity index (χ3v) is 4.69. The lowest BCUT2D eigenvalue weighted by Gasteiger charge is -2.24. The van der Waals surface area contributed by atoms with Crippen LogP contribution in [0.2, 0.25) is 0 Å². The number of fused-ring (bicyclic) bond motifs is 1. The Bertz CT molecular complexity index is 465. The van der Waals surface area contributed by atoms with Gasteiger partial charge in [0.25, 0.3) is 0 Å². The largest absolute Gasteiger partial charge is 0.494 e. The number of hydrogen-bond donors (Lipinski definition) is 1. The van der Waals surface area contributed by atoms with Crippen LogP contribution >= 0.6 is 0 Å². The molecule has 1 aromatic carbocycles. The first-order valence-corrected chi connectivity index (χ1v) is 6.97. The first-order valence-electron chi connectivity index (χ1n) is 6.97. The molecule has 2 saturated heterocycles. The van der Waals surface area contributed by atoms with Crippen LogP contribution in [-0.4, -0.2) is 37.7 Å². The van der Waals surface area contributed by atoms with E-state index in [1.165, 1.54) is 7.11 Å². The first-order chi connectivity index (χ1) is 9.20. The van der Waals surface area contributed by atoms with Crippen LogP contribution in [0.4, 0.5) is 4.39 Å². The Morgan fingerprint density at radius 2 is 2.26 bits per heavy atom. The van der Waals surface area contributed by atoms with E-state index in [0.717, 1.165) is 31.1 Å². The van der Waals surface area contributed by atoms with Crippen molar-refractivity contribution in [2.45, 2.75) is 19.5 Å². The minimum Gasteiger partial charge on any atom is -0.494 e. The molecule has 19 heavy (non-hydrogen) atoms. The Morgan fingerprint density at radius 1 is 1.42 bits per heavy atom. The van der Waals surface area contributed by atoms with Crippen LogP contribution in [0.5, 0.6) is 5.75 Å². The average Bonchev–Trinajstić information content (AvgIpc) is 2.97. The molecule has 0 radical (unpaired) electrons. The predicted molar refractivity (Wildman–Crippen MR) is 72.7 cm³/mol. The zero-order valence-corrected chi connectivity index (χ0v) is 11.5. The summed E-state index contributed by atoms with van der Waals surface area (Å²) in [6.07, 6.45) is 0. The number of likely N-dealkylation sites (tertiary alicyclic amines) is 1. The van der Waals surface area contributed by atoms with Crippen LogP contribution < -0.4 is 10.1 Å². The molecule has 2 fully saturated rings. The van der Waals surface area contributed by atoms with Gasteiger partial charge >= 0.3 is 0 Å². The molecular formula is C15H21FN2O. The predicted octanol–water partition coefficient (Wildman–Crippen LogP) is 1.87. The summed E-state index contributed by atoms with van der Waals surface area (Å²) < 4.78 is 19.2. The standard InChI is InChI=1S/C15H21FN2O/c1-10-13-7-17-6-12(13)9-18(10)8-11-4-3-5-14(19-2)15(11)16/h3-5,10,12-13,17H,6-9H2,1-2H3. The molecule has 2 aliphatic rings. The zero-order valence-electron chi connectivity index (χ0n) is 11.5. The summed E-state index contributed by atoms with van der Waals surface area (Å²) in [5, 5.41) is 3.45. The van der Waals surface area contributed by atoms with Gasteiger partial charge in [-0.05, 0) is 37.9 Å². The number of nitrogens with zero attached hydrogens (tertiary/aromatic N) is 1. The second-order valence-corrected chi connectivity index (χ2v) is 5.69. The van der Waals surface area contributed by atoms with Gasteiger partial charge in [0.15, 0.2) is 11.6 Å². The van der Waals surface area contributed by atoms with E-state index in [0.29, 0.717) is 24.3 Å². The van der Waals surface area contributed by atoms with Crippen molar-refractivity contribution < 1.29 is 9.13 Å². The van der Waals surface area contributed by atoms with Gasteiger partial charge in [-0.3, -0.25) is 4.90 Å². The van der Waals surface area contributed by atoms with Crippen LogP contribution in [0.3, 0.4) is 0 Å². The SMILES string of the molecule is COc1cccc(CN2CC3CNCC3C2C)c1F. The van der Waals surface area contributed by atoms with Crippen LogP contribution in [0.15, 0.2) is 18.2 Å².